The van der Waals surface area contributed by atoms with Gasteiger partial charge in [-0.05, 0) is 49.1 Å². The number of benzene rings is 1. The molecule has 0 spiro atoms. The standard InChI is InChI=1S/C20H19N3O2S/c1-4-5-17-13(2)21-18(15-10-11-26-12-15)23-19(17)22-16-8-6-14(7-9-16)20(24)25-3/h4,6-12H,1,5H2,2-3H3,(H,21,22,23). The van der Waals surface area contributed by atoms with Gasteiger partial charge >= 0.3 is 5.97 Å². The van der Waals surface area contributed by atoms with E-state index in [9.17, 15) is 4.79 Å². The molecular weight excluding hydrogens is 346 g/mol. The fraction of sp³-hybridized carbons (Fsp3) is 0.150. The number of esters is 1. The molecule has 3 rings (SSSR count). The van der Waals surface area contributed by atoms with Crippen molar-refractivity contribution in [3.63, 3.8) is 0 Å². The van der Waals surface area contributed by atoms with Crippen LogP contribution in [0.5, 0.6) is 0 Å². The highest BCUT2D eigenvalue weighted by atomic mass is 32.1. The Morgan fingerprint density at radius 3 is 2.65 bits per heavy atom. The van der Waals surface area contributed by atoms with Crippen LogP contribution in [0.3, 0.4) is 0 Å². The minimum Gasteiger partial charge on any atom is -0.465 e. The van der Waals surface area contributed by atoms with Crippen LogP contribution >= 0.6 is 11.3 Å². The van der Waals surface area contributed by atoms with Gasteiger partial charge in [-0.2, -0.15) is 11.3 Å². The second-order valence-electron chi connectivity index (χ2n) is 5.66. The second kappa shape index (κ2) is 7.93. The molecule has 0 unspecified atom stereocenters. The predicted octanol–water partition coefficient (Wildman–Crippen LogP) is 4.77. The predicted molar refractivity (Wildman–Crippen MR) is 105 cm³/mol. The van der Waals surface area contributed by atoms with E-state index in [0.717, 1.165) is 28.3 Å². The molecule has 5 nitrogen and oxygen atoms in total. The number of ether oxygens (including phenoxy) is 1. The Labute approximate surface area is 156 Å². The summed E-state index contributed by atoms with van der Waals surface area (Å²) < 4.78 is 4.73. The number of nitrogens with one attached hydrogen (secondary N) is 1. The highest BCUT2D eigenvalue weighted by Crippen LogP contribution is 2.27. The lowest BCUT2D eigenvalue weighted by Crippen LogP contribution is -2.06. The molecule has 26 heavy (non-hydrogen) atoms. The SMILES string of the molecule is C=CCc1c(C)nc(-c2ccsc2)nc1Nc1ccc(C(=O)OC)cc1. The molecule has 3 aromatic rings. The van der Waals surface area contributed by atoms with Crippen LogP contribution in [-0.2, 0) is 11.2 Å². The van der Waals surface area contributed by atoms with Crippen LogP contribution in [0, 0.1) is 6.92 Å². The molecule has 1 aromatic carbocycles. The van der Waals surface area contributed by atoms with E-state index in [0.29, 0.717) is 17.8 Å². The van der Waals surface area contributed by atoms with Crippen molar-refractivity contribution in [2.24, 2.45) is 0 Å². The molecular formula is C20H19N3O2S. The molecule has 0 saturated heterocycles. The summed E-state index contributed by atoms with van der Waals surface area (Å²) in [6, 6.07) is 9.09. The topological polar surface area (TPSA) is 64.1 Å². The van der Waals surface area contributed by atoms with Gasteiger partial charge < -0.3 is 10.1 Å². The van der Waals surface area contributed by atoms with Crippen molar-refractivity contribution in [1.82, 2.24) is 9.97 Å². The number of thiophene rings is 1. The maximum atomic E-state index is 11.6. The van der Waals surface area contributed by atoms with Crippen LogP contribution in [0.4, 0.5) is 11.5 Å². The summed E-state index contributed by atoms with van der Waals surface area (Å²) in [5.41, 5.74) is 4.23. The van der Waals surface area contributed by atoms with Gasteiger partial charge in [-0.25, -0.2) is 14.8 Å². The zero-order chi connectivity index (χ0) is 18.5. The third kappa shape index (κ3) is 3.81. The summed E-state index contributed by atoms with van der Waals surface area (Å²) in [5, 5.41) is 7.37. The Morgan fingerprint density at radius 2 is 2.04 bits per heavy atom. The number of anilines is 2. The summed E-state index contributed by atoms with van der Waals surface area (Å²) in [4.78, 5) is 20.9. The van der Waals surface area contributed by atoms with Gasteiger partial charge in [0.05, 0.1) is 12.7 Å². The Bertz CT molecular complexity index is 919. The smallest absolute Gasteiger partial charge is 0.337 e. The maximum absolute atomic E-state index is 11.6. The Balaban J connectivity index is 1.96. The number of aryl methyl sites for hydroxylation is 1. The molecule has 0 fully saturated rings. The molecule has 0 saturated carbocycles. The van der Waals surface area contributed by atoms with Gasteiger partial charge in [0.2, 0.25) is 0 Å². The van der Waals surface area contributed by atoms with Gasteiger partial charge in [-0.15, -0.1) is 6.58 Å². The van der Waals surface area contributed by atoms with Crippen molar-refractivity contribution in [3.05, 3.63) is 70.6 Å². The summed E-state index contributed by atoms with van der Waals surface area (Å²) in [7, 11) is 1.37. The molecule has 0 bridgehead atoms. The van der Waals surface area contributed by atoms with E-state index >= 15 is 0 Å². The van der Waals surface area contributed by atoms with Crippen molar-refractivity contribution in [2.45, 2.75) is 13.3 Å². The van der Waals surface area contributed by atoms with Crippen LogP contribution in [0.2, 0.25) is 0 Å². The van der Waals surface area contributed by atoms with Crippen LogP contribution in [0.15, 0.2) is 53.7 Å². The maximum Gasteiger partial charge on any atom is 0.337 e. The van der Waals surface area contributed by atoms with Crippen LogP contribution in [0.25, 0.3) is 11.4 Å². The number of methoxy groups -OCH3 is 1. The number of hydrogen-bond donors (Lipinski definition) is 1. The first kappa shape index (κ1) is 17.8. The number of nitrogens with zero attached hydrogens (tertiary/aromatic N) is 2. The molecule has 0 amide bonds. The molecule has 0 radical (unpaired) electrons. The summed E-state index contributed by atoms with van der Waals surface area (Å²) in [6.45, 7) is 5.80. The molecule has 132 valence electrons. The first-order chi connectivity index (χ1) is 12.6. The third-order valence-corrected chi connectivity index (χ3v) is 4.59. The van der Waals surface area contributed by atoms with Crippen LogP contribution in [-0.4, -0.2) is 23.0 Å². The second-order valence-corrected chi connectivity index (χ2v) is 6.44. The van der Waals surface area contributed by atoms with E-state index in [-0.39, 0.29) is 5.97 Å². The quantitative estimate of drug-likeness (QED) is 0.503. The van der Waals surface area contributed by atoms with E-state index in [1.165, 1.54) is 7.11 Å². The first-order valence-corrected chi connectivity index (χ1v) is 9.03. The van der Waals surface area contributed by atoms with Gasteiger partial charge in [0, 0.05) is 27.9 Å². The van der Waals surface area contributed by atoms with E-state index in [2.05, 4.69) is 16.9 Å². The highest BCUT2D eigenvalue weighted by molar-refractivity contribution is 7.08. The van der Waals surface area contributed by atoms with E-state index < -0.39 is 0 Å². The van der Waals surface area contributed by atoms with Crippen molar-refractivity contribution in [3.8, 4) is 11.4 Å². The molecule has 0 atom stereocenters. The molecule has 2 heterocycles. The van der Waals surface area contributed by atoms with Gasteiger partial charge in [0.1, 0.15) is 5.82 Å². The normalized spacial score (nSPS) is 10.4. The average molecular weight is 365 g/mol. The van der Waals surface area contributed by atoms with Crippen LogP contribution in [0.1, 0.15) is 21.6 Å². The molecule has 0 aliphatic carbocycles. The molecule has 2 aromatic heterocycles. The number of carbonyl (C=O) groups excluding carboxylic acids is 1. The number of hydrogen-bond acceptors (Lipinski definition) is 6. The van der Waals surface area contributed by atoms with Gasteiger partial charge in [0.15, 0.2) is 5.82 Å². The average Bonchev–Trinajstić information content (AvgIpc) is 3.19. The van der Waals surface area contributed by atoms with Gasteiger partial charge in [-0.3, -0.25) is 0 Å². The minimum absolute atomic E-state index is 0.360. The highest BCUT2D eigenvalue weighted by Gasteiger charge is 2.13. The minimum atomic E-state index is -0.360. The fourth-order valence-corrected chi connectivity index (χ4v) is 3.19. The van der Waals surface area contributed by atoms with Crippen molar-refractivity contribution < 1.29 is 9.53 Å². The third-order valence-electron chi connectivity index (χ3n) is 3.91. The number of carbonyl (C=O) groups is 1. The lowest BCUT2D eigenvalue weighted by Gasteiger charge is -2.14. The van der Waals surface area contributed by atoms with Crippen LogP contribution < -0.4 is 5.32 Å². The monoisotopic (exact) mass is 365 g/mol. The Morgan fingerprint density at radius 1 is 1.27 bits per heavy atom. The fourth-order valence-electron chi connectivity index (χ4n) is 2.55. The van der Waals surface area contributed by atoms with Crippen molar-refractivity contribution in [1.29, 1.82) is 0 Å². The van der Waals surface area contributed by atoms with E-state index in [1.807, 2.05) is 42.0 Å². The van der Waals surface area contributed by atoms with E-state index in [4.69, 9.17) is 9.72 Å². The van der Waals surface area contributed by atoms with Crippen molar-refractivity contribution in [2.75, 3.05) is 12.4 Å². The Hall–Kier alpha value is -2.99. The zero-order valence-electron chi connectivity index (χ0n) is 14.7. The Kier molecular flexibility index (Phi) is 5.43. The van der Waals surface area contributed by atoms with Gasteiger partial charge in [0.25, 0.3) is 0 Å². The largest absolute Gasteiger partial charge is 0.465 e. The molecule has 0 aliphatic heterocycles. The van der Waals surface area contributed by atoms with E-state index in [1.54, 1.807) is 23.5 Å². The first-order valence-electron chi connectivity index (χ1n) is 8.08. The van der Waals surface area contributed by atoms with Gasteiger partial charge in [-0.1, -0.05) is 6.08 Å². The number of allylic oxidation sites excluding steroid dienone is 1. The molecule has 0 aliphatic rings. The number of aromatic nitrogens is 2. The zero-order valence-corrected chi connectivity index (χ0v) is 15.5. The number of rotatable bonds is 6. The molecule has 1 N–H and O–H groups in total. The lowest BCUT2D eigenvalue weighted by molar-refractivity contribution is 0.0601. The summed E-state index contributed by atoms with van der Waals surface area (Å²) >= 11 is 1.61. The summed E-state index contributed by atoms with van der Waals surface area (Å²) in [5.74, 6) is 1.07. The lowest BCUT2D eigenvalue weighted by atomic mass is 10.1. The molecule has 6 heteroatoms. The summed E-state index contributed by atoms with van der Waals surface area (Å²) in [6.07, 6.45) is 2.50. The van der Waals surface area contributed by atoms with Crippen molar-refractivity contribution >= 4 is 28.8 Å².